The molecular formula is C14H19FN2O2. The van der Waals surface area contributed by atoms with E-state index in [1.54, 1.807) is 18.0 Å². The first-order chi connectivity index (χ1) is 9.10. The zero-order valence-electron chi connectivity index (χ0n) is 11.3. The number of nitrogens with one attached hydrogen (secondary N) is 1. The maximum atomic E-state index is 13.2. The number of amides is 1. The highest BCUT2D eigenvalue weighted by Crippen LogP contribution is 2.21. The smallest absolute Gasteiger partial charge is 0.236 e. The third-order valence-electron chi connectivity index (χ3n) is 3.20. The van der Waals surface area contributed by atoms with Crippen LogP contribution < -0.4 is 10.1 Å². The van der Waals surface area contributed by atoms with Gasteiger partial charge in [-0.15, -0.1) is 0 Å². The number of ether oxygens (including phenoxy) is 1. The Morgan fingerprint density at radius 3 is 2.89 bits per heavy atom. The van der Waals surface area contributed by atoms with Gasteiger partial charge < -0.3 is 15.0 Å². The molecule has 1 aromatic carbocycles. The van der Waals surface area contributed by atoms with E-state index in [0.29, 0.717) is 30.4 Å². The Labute approximate surface area is 112 Å². The maximum Gasteiger partial charge on any atom is 0.236 e. The van der Waals surface area contributed by atoms with Crippen molar-refractivity contribution >= 4 is 5.91 Å². The van der Waals surface area contributed by atoms with Crippen molar-refractivity contribution in [3.63, 3.8) is 0 Å². The van der Waals surface area contributed by atoms with Crippen LogP contribution in [0.1, 0.15) is 18.4 Å². The monoisotopic (exact) mass is 266 g/mol. The molecule has 1 aromatic rings. The normalized spacial score (nSPS) is 14.3. The maximum absolute atomic E-state index is 13.2. The van der Waals surface area contributed by atoms with E-state index < -0.39 is 0 Å². The van der Waals surface area contributed by atoms with E-state index in [9.17, 15) is 9.18 Å². The van der Waals surface area contributed by atoms with Crippen molar-refractivity contribution < 1.29 is 13.9 Å². The van der Waals surface area contributed by atoms with Gasteiger partial charge in [-0.3, -0.25) is 4.79 Å². The summed E-state index contributed by atoms with van der Waals surface area (Å²) in [5.41, 5.74) is 0.671. The molecule has 0 aromatic heterocycles. The highest BCUT2D eigenvalue weighted by Gasteiger charge is 2.22. The summed E-state index contributed by atoms with van der Waals surface area (Å²) in [5, 5.41) is 3.17. The molecule has 0 atom stereocenters. The number of benzene rings is 1. The van der Waals surface area contributed by atoms with Crippen molar-refractivity contribution in [1.29, 1.82) is 0 Å². The first kappa shape index (κ1) is 13.8. The van der Waals surface area contributed by atoms with Crippen LogP contribution in [0.4, 0.5) is 4.39 Å². The molecule has 19 heavy (non-hydrogen) atoms. The topological polar surface area (TPSA) is 41.6 Å². The molecule has 5 heteroatoms. The van der Waals surface area contributed by atoms with Crippen LogP contribution in [-0.2, 0) is 11.3 Å². The summed E-state index contributed by atoms with van der Waals surface area (Å²) in [6.45, 7) is 0.672. The van der Waals surface area contributed by atoms with Gasteiger partial charge in [0.15, 0.2) is 0 Å². The fraction of sp³-hybridized carbons (Fsp3) is 0.500. The minimum atomic E-state index is -0.326. The number of rotatable bonds is 6. The lowest BCUT2D eigenvalue weighted by Gasteiger charge is -2.19. The number of methoxy groups -OCH3 is 1. The number of likely N-dealkylation sites (N-methyl/N-ethyl adjacent to an activating group) is 1. The summed E-state index contributed by atoms with van der Waals surface area (Å²) in [5.74, 6) is 0.266. The first-order valence-corrected chi connectivity index (χ1v) is 6.40. The fourth-order valence-electron chi connectivity index (χ4n) is 1.87. The summed E-state index contributed by atoms with van der Waals surface area (Å²) in [4.78, 5) is 13.5. The lowest BCUT2D eigenvalue weighted by molar-refractivity contribution is -0.129. The molecule has 0 unspecified atom stereocenters. The highest BCUT2D eigenvalue weighted by molar-refractivity contribution is 5.78. The molecule has 0 aliphatic heterocycles. The van der Waals surface area contributed by atoms with Crippen molar-refractivity contribution in [3.8, 4) is 5.75 Å². The number of carbonyl (C=O) groups is 1. The molecule has 0 saturated heterocycles. The lowest BCUT2D eigenvalue weighted by atomic mass is 10.2. The zero-order chi connectivity index (χ0) is 13.8. The lowest BCUT2D eigenvalue weighted by Crippen LogP contribution is -2.36. The standard InChI is InChI=1S/C14H19FN2O2/c1-17(14(18)8-16-12-4-5-12)9-10-7-11(15)3-6-13(10)19-2/h3,6-7,12,16H,4-5,8-9H2,1-2H3. The van der Waals surface area contributed by atoms with Gasteiger partial charge in [-0.2, -0.15) is 0 Å². The third-order valence-corrected chi connectivity index (χ3v) is 3.20. The predicted molar refractivity (Wildman–Crippen MR) is 70.5 cm³/mol. The van der Waals surface area contributed by atoms with Gasteiger partial charge in [-0.05, 0) is 31.0 Å². The Morgan fingerprint density at radius 2 is 2.26 bits per heavy atom. The van der Waals surface area contributed by atoms with Crippen LogP contribution in [0.5, 0.6) is 5.75 Å². The van der Waals surface area contributed by atoms with Crippen LogP contribution in [-0.4, -0.2) is 37.6 Å². The van der Waals surface area contributed by atoms with E-state index in [2.05, 4.69) is 5.32 Å². The van der Waals surface area contributed by atoms with Gasteiger partial charge in [0.25, 0.3) is 0 Å². The average Bonchev–Trinajstić information content (AvgIpc) is 3.20. The Hall–Kier alpha value is -1.62. The van der Waals surface area contributed by atoms with Gasteiger partial charge in [0.1, 0.15) is 11.6 Å². The molecule has 1 fully saturated rings. The van der Waals surface area contributed by atoms with Crippen LogP contribution in [0.2, 0.25) is 0 Å². The number of nitrogens with zero attached hydrogens (tertiary/aromatic N) is 1. The first-order valence-electron chi connectivity index (χ1n) is 6.40. The summed E-state index contributed by atoms with van der Waals surface area (Å²) >= 11 is 0. The molecule has 0 spiro atoms. The van der Waals surface area contributed by atoms with Crippen molar-refractivity contribution in [2.75, 3.05) is 20.7 Å². The molecule has 4 nitrogen and oxygen atoms in total. The Morgan fingerprint density at radius 1 is 1.53 bits per heavy atom. The van der Waals surface area contributed by atoms with Crippen molar-refractivity contribution in [2.24, 2.45) is 0 Å². The molecule has 1 amide bonds. The number of hydrogen-bond acceptors (Lipinski definition) is 3. The third kappa shape index (κ3) is 3.92. The summed E-state index contributed by atoms with van der Waals surface area (Å²) in [6, 6.07) is 4.82. The number of hydrogen-bond donors (Lipinski definition) is 1. The largest absolute Gasteiger partial charge is 0.496 e. The van der Waals surface area contributed by atoms with E-state index in [4.69, 9.17) is 4.74 Å². The van der Waals surface area contributed by atoms with Gasteiger partial charge in [-0.25, -0.2) is 4.39 Å². The van der Waals surface area contributed by atoms with E-state index >= 15 is 0 Å². The minimum Gasteiger partial charge on any atom is -0.496 e. The molecule has 0 heterocycles. The second kappa shape index (κ2) is 6.02. The van der Waals surface area contributed by atoms with E-state index in [0.717, 1.165) is 12.8 Å². The second-order valence-electron chi connectivity index (χ2n) is 4.86. The van der Waals surface area contributed by atoms with Gasteiger partial charge in [0.2, 0.25) is 5.91 Å². The van der Waals surface area contributed by atoms with Gasteiger partial charge >= 0.3 is 0 Å². The fourth-order valence-corrected chi connectivity index (χ4v) is 1.87. The SMILES string of the molecule is COc1ccc(F)cc1CN(C)C(=O)CNC1CC1. The molecule has 0 bridgehead atoms. The van der Waals surface area contributed by atoms with Gasteiger partial charge in [0, 0.05) is 25.2 Å². The Bertz CT molecular complexity index is 461. The quantitative estimate of drug-likeness (QED) is 0.849. The van der Waals surface area contributed by atoms with E-state index in [1.165, 1.54) is 19.2 Å². The minimum absolute atomic E-state index is 0.00165. The van der Waals surface area contributed by atoms with Crippen LogP contribution in [0, 0.1) is 5.82 Å². The molecule has 2 rings (SSSR count). The van der Waals surface area contributed by atoms with Gasteiger partial charge in [0.05, 0.1) is 13.7 Å². The van der Waals surface area contributed by atoms with Crippen molar-refractivity contribution in [3.05, 3.63) is 29.6 Å². The van der Waals surface area contributed by atoms with Crippen LogP contribution in [0.15, 0.2) is 18.2 Å². The van der Waals surface area contributed by atoms with Crippen molar-refractivity contribution in [2.45, 2.75) is 25.4 Å². The van der Waals surface area contributed by atoms with Crippen LogP contribution >= 0.6 is 0 Å². The number of halogens is 1. The molecule has 1 saturated carbocycles. The van der Waals surface area contributed by atoms with Crippen LogP contribution in [0.3, 0.4) is 0 Å². The molecule has 1 aliphatic carbocycles. The highest BCUT2D eigenvalue weighted by atomic mass is 19.1. The van der Waals surface area contributed by atoms with E-state index in [-0.39, 0.29) is 11.7 Å². The summed E-state index contributed by atoms with van der Waals surface area (Å²) < 4.78 is 18.4. The summed E-state index contributed by atoms with van der Waals surface area (Å²) in [6.07, 6.45) is 2.30. The van der Waals surface area contributed by atoms with Crippen molar-refractivity contribution in [1.82, 2.24) is 10.2 Å². The molecule has 0 radical (unpaired) electrons. The molecule has 104 valence electrons. The predicted octanol–water partition coefficient (Wildman–Crippen LogP) is 1.54. The molecule has 1 N–H and O–H groups in total. The second-order valence-corrected chi connectivity index (χ2v) is 4.86. The molecule has 1 aliphatic rings. The number of carbonyl (C=O) groups excluding carboxylic acids is 1. The summed E-state index contributed by atoms with van der Waals surface area (Å²) in [7, 11) is 3.24. The average molecular weight is 266 g/mol. The Kier molecular flexibility index (Phi) is 4.37. The molecular weight excluding hydrogens is 247 g/mol. The Balaban J connectivity index is 1.94. The zero-order valence-corrected chi connectivity index (χ0v) is 11.3. The van der Waals surface area contributed by atoms with E-state index in [1.807, 2.05) is 0 Å². The van der Waals surface area contributed by atoms with Gasteiger partial charge in [-0.1, -0.05) is 0 Å². The van der Waals surface area contributed by atoms with Crippen LogP contribution in [0.25, 0.3) is 0 Å².